The van der Waals surface area contributed by atoms with Crippen molar-refractivity contribution in [1.82, 2.24) is 0 Å². The van der Waals surface area contributed by atoms with Crippen LogP contribution in [0.25, 0.3) is 16.1 Å². The van der Waals surface area contributed by atoms with E-state index in [2.05, 4.69) is 23.5 Å². The minimum Gasteiger partial charge on any atom is -0.632 e. The summed E-state index contributed by atoms with van der Waals surface area (Å²) in [6, 6.07) is 14.2. The molecule has 0 radical (unpaired) electrons. The zero-order valence-electron chi connectivity index (χ0n) is 9.10. The molecule has 0 heterocycles. The van der Waals surface area contributed by atoms with Crippen molar-refractivity contribution in [3.05, 3.63) is 47.8 Å². The monoisotopic (exact) mass is 209 g/mol. The number of ether oxygens (including phenoxy) is 1. The van der Waals surface area contributed by atoms with Crippen molar-refractivity contribution in [3.8, 4) is 5.75 Å². The largest absolute Gasteiger partial charge is 1.00 e. The van der Waals surface area contributed by atoms with Gasteiger partial charge in [0, 0.05) is 12.1 Å². The topological polar surface area (TPSA) is 23.3 Å². The number of rotatable bonds is 3. The smallest absolute Gasteiger partial charge is 0.632 e. The second-order valence-electron chi connectivity index (χ2n) is 3.07. The summed E-state index contributed by atoms with van der Waals surface area (Å²) in [6.45, 7) is 0.411. The molecule has 2 aromatic carbocycles. The Morgan fingerprint density at radius 1 is 1.07 bits per heavy atom. The van der Waals surface area contributed by atoms with Gasteiger partial charge >= 0.3 is 29.6 Å². The molecule has 0 amide bonds. The first-order valence-corrected chi connectivity index (χ1v) is 4.58. The molecule has 3 heteroatoms. The molecule has 2 aromatic rings. The van der Waals surface area contributed by atoms with Gasteiger partial charge < -0.3 is 10.1 Å². The van der Waals surface area contributed by atoms with Crippen LogP contribution in [0.4, 0.5) is 0 Å². The molecular weight excluding hydrogens is 197 g/mol. The summed E-state index contributed by atoms with van der Waals surface area (Å²) in [5.41, 5.74) is 0. The maximum absolute atomic E-state index is 5.50. The van der Waals surface area contributed by atoms with E-state index >= 15 is 0 Å². The fourth-order valence-electron chi connectivity index (χ4n) is 1.46. The average Bonchev–Trinajstić information content (AvgIpc) is 2.26. The van der Waals surface area contributed by atoms with Crippen LogP contribution in [-0.2, 0) is 0 Å². The van der Waals surface area contributed by atoms with Crippen molar-refractivity contribution < 1.29 is 34.3 Å². The van der Waals surface area contributed by atoms with Crippen LogP contribution in [0.3, 0.4) is 0 Å². The summed E-state index contributed by atoms with van der Waals surface area (Å²) in [5.74, 6) is 0.897. The number of hydrogen-bond donors (Lipinski definition) is 0. The molecule has 2 rings (SSSR count). The van der Waals surface area contributed by atoms with Crippen molar-refractivity contribution in [3.63, 3.8) is 0 Å². The van der Waals surface area contributed by atoms with E-state index in [1.165, 1.54) is 5.39 Å². The van der Waals surface area contributed by atoms with Crippen LogP contribution < -0.4 is 34.3 Å². The SMILES string of the molecule is C[N-]COc1cccc2ccccc12.[Na+]. The van der Waals surface area contributed by atoms with Gasteiger partial charge in [-0.05, 0) is 11.5 Å². The molecule has 0 aliphatic carbocycles. The number of fused-ring (bicyclic) bond motifs is 1. The molecule has 0 aliphatic rings. The molecule has 0 fully saturated rings. The van der Waals surface area contributed by atoms with Gasteiger partial charge in [0.25, 0.3) is 0 Å². The third-order valence-corrected chi connectivity index (χ3v) is 2.10. The molecule has 15 heavy (non-hydrogen) atoms. The normalized spacial score (nSPS) is 9.67. The van der Waals surface area contributed by atoms with E-state index in [1.807, 2.05) is 24.3 Å². The minimum absolute atomic E-state index is 0. The molecule has 0 atom stereocenters. The van der Waals surface area contributed by atoms with Gasteiger partial charge in [-0.25, -0.2) is 0 Å². The van der Waals surface area contributed by atoms with E-state index in [0.29, 0.717) is 6.73 Å². The Hall–Kier alpha value is -0.540. The van der Waals surface area contributed by atoms with Crippen LogP contribution in [0, 0.1) is 0 Å². The summed E-state index contributed by atoms with van der Waals surface area (Å²) in [7, 11) is 1.74. The summed E-state index contributed by atoms with van der Waals surface area (Å²) < 4.78 is 5.50. The Balaban J connectivity index is 0.00000112. The van der Waals surface area contributed by atoms with Crippen LogP contribution >= 0.6 is 0 Å². The van der Waals surface area contributed by atoms with Gasteiger partial charge in [0.1, 0.15) is 5.75 Å². The van der Waals surface area contributed by atoms with E-state index in [-0.39, 0.29) is 29.6 Å². The zero-order valence-corrected chi connectivity index (χ0v) is 11.1. The Morgan fingerprint density at radius 2 is 1.80 bits per heavy atom. The van der Waals surface area contributed by atoms with Crippen LogP contribution in [0.2, 0.25) is 0 Å². The Labute approximate surface area is 112 Å². The third-order valence-electron chi connectivity index (χ3n) is 2.10. The fraction of sp³-hybridized carbons (Fsp3) is 0.167. The van der Waals surface area contributed by atoms with Gasteiger partial charge in [-0.1, -0.05) is 36.4 Å². The number of hydrogen-bond acceptors (Lipinski definition) is 1. The quantitative estimate of drug-likeness (QED) is 0.662. The summed E-state index contributed by atoms with van der Waals surface area (Å²) in [4.78, 5) is 0. The molecule has 2 nitrogen and oxygen atoms in total. The molecule has 0 N–H and O–H groups in total. The molecule has 0 saturated carbocycles. The number of benzene rings is 2. The van der Waals surface area contributed by atoms with Crippen molar-refractivity contribution in [2.75, 3.05) is 13.8 Å². The second kappa shape index (κ2) is 6.13. The Morgan fingerprint density at radius 3 is 2.60 bits per heavy atom. The molecule has 72 valence electrons. The molecule has 0 unspecified atom stereocenters. The zero-order chi connectivity index (χ0) is 9.80. The molecular formula is C12H12NNaO. The van der Waals surface area contributed by atoms with Gasteiger partial charge in [-0.2, -0.15) is 7.05 Å². The predicted octanol–water partition coefficient (Wildman–Crippen LogP) is 0.184. The maximum Gasteiger partial charge on any atom is 1.00 e. The first-order valence-electron chi connectivity index (χ1n) is 4.58. The van der Waals surface area contributed by atoms with Crippen molar-refractivity contribution in [2.24, 2.45) is 0 Å². The first-order chi connectivity index (χ1) is 6.92. The number of nitrogens with zero attached hydrogens (tertiary/aromatic N) is 1. The third kappa shape index (κ3) is 2.95. The van der Waals surface area contributed by atoms with E-state index in [4.69, 9.17) is 4.74 Å². The standard InChI is InChI=1S/C12H12NO.Na/c1-13-9-14-12-8-4-6-10-5-2-3-7-11(10)12;/h2-8H,9H2,1H3;/q-1;+1. The summed E-state index contributed by atoms with van der Waals surface area (Å²) in [5, 5.41) is 6.25. The molecule has 0 aliphatic heterocycles. The fourth-order valence-corrected chi connectivity index (χ4v) is 1.46. The van der Waals surface area contributed by atoms with Gasteiger partial charge in [0.2, 0.25) is 0 Å². The average molecular weight is 209 g/mol. The van der Waals surface area contributed by atoms with Gasteiger partial charge in [0.05, 0.1) is 0 Å². The molecule has 0 aromatic heterocycles. The van der Waals surface area contributed by atoms with Crippen LogP contribution in [0.5, 0.6) is 5.75 Å². The van der Waals surface area contributed by atoms with E-state index in [9.17, 15) is 0 Å². The van der Waals surface area contributed by atoms with Gasteiger partial charge in [-0.3, -0.25) is 0 Å². The van der Waals surface area contributed by atoms with Crippen LogP contribution in [0.15, 0.2) is 42.5 Å². The first kappa shape index (κ1) is 12.5. The molecule has 0 saturated heterocycles. The van der Waals surface area contributed by atoms with Crippen molar-refractivity contribution in [2.45, 2.75) is 0 Å². The van der Waals surface area contributed by atoms with Crippen molar-refractivity contribution in [1.29, 1.82) is 0 Å². The van der Waals surface area contributed by atoms with E-state index in [1.54, 1.807) is 7.05 Å². The van der Waals surface area contributed by atoms with E-state index in [0.717, 1.165) is 11.1 Å². The predicted molar refractivity (Wildman–Crippen MR) is 58.7 cm³/mol. The van der Waals surface area contributed by atoms with Crippen molar-refractivity contribution >= 4 is 10.8 Å². The molecule has 0 bridgehead atoms. The second-order valence-corrected chi connectivity index (χ2v) is 3.07. The Bertz CT molecular complexity index is 425. The maximum atomic E-state index is 5.50. The van der Waals surface area contributed by atoms with Gasteiger partial charge in [0.15, 0.2) is 0 Å². The van der Waals surface area contributed by atoms with Crippen LogP contribution in [-0.4, -0.2) is 13.8 Å². The van der Waals surface area contributed by atoms with E-state index < -0.39 is 0 Å². The summed E-state index contributed by atoms with van der Waals surface area (Å²) >= 11 is 0. The summed E-state index contributed by atoms with van der Waals surface area (Å²) in [6.07, 6.45) is 0. The Kier molecular flexibility index (Phi) is 5.12. The molecule has 0 spiro atoms. The van der Waals surface area contributed by atoms with Gasteiger partial charge in [-0.15, -0.1) is 0 Å². The van der Waals surface area contributed by atoms with Crippen LogP contribution in [0.1, 0.15) is 0 Å². The minimum atomic E-state index is 0.